The number of hydrogen-bond acceptors (Lipinski definition) is 1. The maximum Gasteiger partial charge on any atom is -0.0132 e. The Morgan fingerprint density at radius 3 is 1.44 bits per heavy atom. The summed E-state index contributed by atoms with van der Waals surface area (Å²) in [7, 11) is 0. The van der Waals surface area contributed by atoms with Crippen molar-refractivity contribution in [2.75, 3.05) is 0 Å². The van der Waals surface area contributed by atoms with Crippen molar-refractivity contribution in [3.63, 3.8) is 0 Å². The Hall–Kier alpha value is -0.820. The standard InChI is InChI=1S/C15H23O/c1-14(2,3)12-7-11(10-16)8-13(9-12)15(4,5)6/h7-9H,10H2,1-6H3/q-1. The van der Waals surface area contributed by atoms with Crippen molar-refractivity contribution >= 4 is 0 Å². The lowest BCUT2D eigenvalue weighted by atomic mass is 9.79. The molecule has 16 heavy (non-hydrogen) atoms. The molecule has 1 aromatic carbocycles. The zero-order chi connectivity index (χ0) is 12.6. The molecule has 1 rings (SSSR count). The molecule has 0 aliphatic heterocycles. The van der Waals surface area contributed by atoms with Gasteiger partial charge in [-0.05, 0) is 22.0 Å². The average Bonchev–Trinajstić information content (AvgIpc) is 2.14. The molecular formula is C15H23O-. The first kappa shape index (κ1) is 13.2. The van der Waals surface area contributed by atoms with E-state index in [9.17, 15) is 5.11 Å². The van der Waals surface area contributed by atoms with Crippen LogP contribution in [-0.2, 0) is 17.4 Å². The van der Waals surface area contributed by atoms with E-state index in [0.29, 0.717) is 0 Å². The van der Waals surface area contributed by atoms with Crippen LogP contribution in [0.2, 0.25) is 0 Å². The van der Waals surface area contributed by atoms with Gasteiger partial charge in [0.2, 0.25) is 0 Å². The summed E-state index contributed by atoms with van der Waals surface area (Å²) in [5.41, 5.74) is 3.62. The smallest absolute Gasteiger partial charge is 0.0132 e. The Balaban J connectivity index is 3.33. The average molecular weight is 219 g/mol. The van der Waals surface area contributed by atoms with Gasteiger partial charge in [-0.1, -0.05) is 65.3 Å². The largest absolute Gasteiger partial charge is 0.851 e. The summed E-state index contributed by atoms with van der Waals surface area (Å²) in [5, 5.41) is 11.1. The molecule has 1 nitrogen and oxygen atoms in total. The predicted octanol–water partition coefficient (Wildman–Crippen LogP) is 3.14. The van der Waals surface area contributed by atoms with Crippen molar-refractivity contribution < 1.29 is 5.11 Å². The van der Waals surface area contributed by atoms with Gasteiger partial charge in [0.25, 0.3) is 0 Å². The van der Waals surface area contributed by atoms with Crippen molar-refractivity contribution in [1.29, 1.82) is 0 Å². The van der Waals surface area contributed by atoms with Crippen LogP contribution in [0.5, 0.6) is 0 Å². The van der Waals surface area contributed by atoms with Crippen LogP contribution in [0.25, 0.3) is 0 Å². The normalized spacial score (nSPS) is 12.9. The molecule has 0 atom stereocenters. The zero-order valence-electron chi connectivity index (χ0n) is 11.3. The maximum absolute atomic E-state index is 11.1. The molecule has 0 N–H and O–H groups in total. The highest BCUT2D eigenvalue weighted by Gasteiger charge is 2.19. The van der Waals surface area contributed by atoms with Gasteiger partial charge >= 0.3 is 0 Å². The second-order valence-corrected chi connectivity index (χ2v) is 6.56. The maximum atomic E-state index is 11.1. The van der Waals surface area contributed by atoms with Gasteiger partial charge in [-0.2, -0.15) is 0 Å². The van der Waals surface area contributed by atoms with Gasteiger partial charge in [-0.25, -0.2) is 0 Å². The van der Waals surface area contributed by atoms with Crippen LogP contribution in [-0.4, -0.2) is 0 Å². The van der Waals surface area contributed by atoms with Gasteiger partial charge in [0.1, 0.15) is 0 Å². The summed E-state index contributed by atoms with van der Waals surface area (Å²) < 4.78 is 0. The molecule has 0 unspecified atom stereocenters. The highest BCUT2D eigenvalue weighted by atomic mass is 16.3. The molecule has 0 fully saturated rings. The van der Waals surface area contributed by atoms with Crippen molar-refractivity contribution in [1.82, 2.24) is 0 Å². The zero-order valence-corrected chi connectivity index (χ0v) is 11.3. The van der Waals surface area contributed by atoms with Crippen molar-refractivity contribution in [3.05, 3.63) is 34.9 Å². The monoisotopic (exact) mass is 219 g/mol. The van der Waals surface area contributed by atoms with Crippen LogP contribution >= 0.6 is 0 Å². The second-order valence-electron chi connectivity index (χ2n) is 6.56. The Morgan fingerprint density at radius 2 is 1.19 bits per heavy atom. The van der Waals surface area contributed by atoms with E-state index in [1.165, 1.54) is 11.1 Å². The van der Waals surface area contributed by atoms with E-state index < -0.39 is 0 Å². The van der Waals surface area contributed by atoms with E-state index in [2.05, 4.69) is 47.6 Å². The SMILES string of the molecule is CC(C)(C)c1cc(C[O-])cc(C(C)(C)C)c1. The molecule has 90 valence electrons. The van der Waals surface area contributed by atoms with Gasteiger partial charge in [0.15, 0.2) is 0 Å². The molecule has 0 aliphatic carbocycles. The Bertz CT molecular complexity index is 332. The Kier molecular flexibility index (Phi) is 3.49. The fraction of sp³-hybridized carbons (Fsp3) is 0.600. The highest BCUT2D eigenvalue weighted by Crippen LogP contribution is 2.30. The lowest BCUT2D eigenvalue weighted by Crippen LogP contribution is -2.18. The van der Waals surface area contributed by atoms with Crippen LogP contribution in [0.3, 0.4) is 0 Å². The van der Waals surface area contributed by atoms with Gasteiger partial charge in [0, 0.05) is 0 Å². The van der Waals surface area contributed by atoms with Crippen LogP contribution in [0.1, 0.15) is 58.2 Å². The predicted molar refractivity (Wildman–Crippen MR) is 67.5 cm³/mol. The summed E-state index contributed by atoms with van der Waals surface area (Å²) in [6.45, 7) is 13.0. The lowest BCUT2D eigenvalue weighted by Gasteiger charge is -2.26. The van der Waals surface area contributed by atoms with Gasteiger partial charge in [-0.3, -0.25) is 0 Å². The molecule has 0 saturated carbocycles. The molecule has 0 radical (unpaired) electrons. The van der Waals surface area contributed by atoms with Crippen LogP contribution in [0, 0.1) is 0 Å². The fourth-order valence-electron chi connectivity index (χ4n) is 1.64. The van der Waals surface area contributed by atoms with Crippen LogP contribution < -0.4 is 5.11 Å². The summed E-state index contributed by atoms with van der Waals surface area (Å²) in [5.74, 6) is 0. The van der Waals surface area contributed by atoms with Crippen molar-refractivity contribution in [3.8, 4) is 0 Å². The van der Waals surface area contributed by atoms with Crippen molar-refractivity contribution in [2.45, 2.75) is 59.0 Å². The minimum Gasteiger partial charge on any atom is -0.851 e. The molecule has 0 amide bonds. The third-order valence-corrected chi connectivity index (χ3v) is 2.89. The summed E-state index contributed by atoms with van der Waals surface area (Å²) in [6, 6.07) is 6.32. The second kappa shape index (κ2) is 4.21. The highest BCUT2D eigenvalue weighted by molar-refractivity contribution is 5.36. The minimum atomic E-state index is -0.132. The number of benzene rings is 1. The molecule has 0 aromatic heterocycles. The van der Waals surface area contributed by atoms with E-state index in [4.69, 9.17) is 0 Å². The van der Waals surface area contributed by atoms with E-state index in [0.717, 1.165) is 5.56 Å². The summed E-state index contributed by atoms with van der Waals surface area (Å²) in [6.07, 6.45) is 0. The van der Waals surface area contributed by atoms with Gasteiger partial charge < -0.3 is 5.11 Å². The molecule has 1 aromatic rings. The van der Waals surface area contributed by atoms with Crippen LogP contribution in [0.4, 0.5) is 0 Å². The molecule has 0 bridgehead atoms. The molecule has 0 heterocycles. The first-order chi connectivity index (χ1) is 7.14. The molecular weight excluding hydrogens is 196 g/mol. The first-order valence-corrected chi connectivity index (χ1v) is 5.87. The number of hydrogen-bond donors (Lipinski definition) is 0. The van der Waals surface area contributed by atoms with E-state index in [-0.39, 0.29) is 17.4 Å². The molecule has 0 aliphatic rings. The molecule has 0 spiro atoms. The van der Waals surface area contributed by atoms with Gasteiger partial charge in [-0.15, -0.1) is 6.61 Å². The fourth-order valence-corrected chi connectivity index (χ4v) is 1.64. The van der Waals surface area contributed by atoms with E-state index in [1.54, 1.807) is 0 Å². The molecule has 0 saturated heterocycles. The number of rotatable bonds is 1. The minimum absolute atomic E-state index is 0.102. The van der Waals surface area contributed by atoms with Gasteiger partial charge in [0.05, 0.1) is 0 Å². The van der Waals surface area contributed by atoms with E-state index in [1.807, 2.05) is 12.1 Å². The van der Waals surface area contributed by atoms with E-state index >= 15 is 0 Å². The van der Waals surface area contributed by atoms with Crippen molar-refractivity contribution in [2.24, 2.45) is 0 Å². The quantitative estimate of drug-likeness (QED) is 0.711. The van der Waals surface area contributed by atoms with Crippen LogP contribution in [0.15, 0.2) is 18.2 Å². The molecule has 1 heteroatoms. The summed E-state index contributed by atoms with van der Waals surface area (Å²) >= 11 is 0. The first-order valence-electron chi connectivity index (χ1n) is 5.87. The lowest BCUT2D eigenvalue weighted by molar-refractivity contribution is -0.386. The third kappa shape index (κ3) is 3.08. The Morgan fingerprint density at radius 1 is 0.812 bits per heavy atom. The summed E-state index contributed by atoms with van der Waals surface area (Å²) in [4.78, 5) is 0. The Labute approximate surface area is 99.5 Å². The topological polar surface area (TPSA) is 23.1 Å². The third-order valence-electron chi connectivity index (χ3n) is 2.89.